The summed E-state index contributed by atoms with van der Waals surface area (Å²) in [6, 6.07) is 13.8. The van der Waals surface area contributed by atoms with Crippen LogP contribution in [-0.2, 0) is 22.6 Å². The van der Waals surface area contributed by atoms with Crippen molar-refractivity contribution in [3.05, 3.63) is 83.4 Å². The molecule has 0 saturated carbocycles. The van der Waals surface area contributed by atoms with E-state index in [0.29, 0.717) is 53.5 Å². The van der Waals surface area contributed by atoms with E-state index in [9.17, 15) is 36.2 Å². The first-order chi connectivity index (χ1) is 16.8. The van der Waals surface area contributed by atoms with Gasteiger partial charge in [0.1, 0.15) is 0 Å². The highest BCUT2D eigenvalue weighted by atomic mass is 19.4. The molecule has 0 aromatic heterocycles. The van der Waals surface area contributed by atoms with Crippen LogP contribution < -0.4 is 0 Å². The van der Waals surface area contributed by atoms with Crippen molar-refractivity contribution in [1.82, 2.24) is 0 Å². The number of aliphatic carboxylic acids is 1. The highest BCUT2D eigenvalue weighted by Gasteiger charge is 2.41. The summed E-state index contributed by atoms with van der Waals surface area (Å²) in [6.07, 6.45) is -7.41. The number of carboxylic acid groups (broad SMARTS) is 1. The first-order valence-corrected chi connectivity index (χ1v) is 11.6. The first-order valence-electron chi connectivity index (χ1n) is 11.6. The molecule has 0 saturated heterocycles. The minimum absolute atomic E-state index is 0.292. The van der Waals surface area contributed by atoms with Crippen molar-refractivity contribution in [1.29, 1.82) is 0 Å². The van der Waals surface area contributed by atoms with Crippen molar-refractivity contribution in [2.75, 3.05) is 0 Å². The third kappa shape index (κ3) is 5.42. The largest absolute Gasteiger partial charge is 0.481 e. The van der Waals surface area contributed by atoms with E-state index in [1.54, 1.807) is 18.2 Å². The van der Waals surface area contributed by atoms with Gasteiger partial charge < -0.3 is 5.11 Å². The van der Waals surface area contributed by atoms with Crippen LogP contribution in [0.3, 0.4) is 0 Å². The van der Waals surface area contributed by atoms with Crippen LogP contribution in [0, 0.1) is 0 Å². The SMILES string of the molecule is CCCC(CCC)(C(=O)O)c1cccc(-c2ccc(C(F)(F)F)cc2)c1-c1ccc(C(F)(F)F)cc1. The van der Waals surface area contributed by atoms with Gasteiger partial charge in [-0.25, -0.2) is 0 Å². The summed E-state index contributed by atoms with van der Waals surface area (Å²) in [7, 11) is 0. The maximum absolute atomic E-state index is 13.2. The zero-order valence-corrected chi connectivity index (χ0v) is 19.8. The van der Waals surface area contributed by atoms with Crippen LogP contribution in [0.2, 0.25) is 0 Å². The zero-order valence-electron chi connectivity index (χ0n) is 19.8. The second-order valence-corrected chi connectivity index (χ2v) is 8.77. The van der Waals surface area contributed by atoms with Gasteiger partial charge in [0.15, 0.2) is 0 Å². The number of hydrogen-bond acceptors (Lipinski definition) is 1. The lowest BCUT2D eigenvalue weighted by atomic mass is 9.69. The molecule has 2 nitrogen and oxygen atoms in total. The van der Waals surface area contributed by atoms with Crippen LogP contribution in [-0.4, -0.2) is 11.1 Å². The van der Waals surface area contributed by atoms with Crippen molar-refractivity contribution >= 4 is 5.97 Å². The fraction of sp³-hybridized carbons (Fsp3) is 0.321. The molecule has 0 aliphatic rings. The molecule has 3 aromatic carbocycles. The quantitative estimate of drug-likeness (QED) is 0.308. The monoisotopic (exact) mass is 508 g/mol. The van der Waals surface area contributed by atoms with Crippen molar-refractivity contribution in [3.63, 3.8) is 0 Å². The van der Waals surface area contributed by atoms with Crippen molar-refractivity contribution < 1.29 is 36.2 Å². The third-order valence-corrected chi connectivity index (χ3v) is 6.37. The van der Waals surface area contributed by atoms with E-state index >= 15 is 0 Å². The number of carboxylic acids is 1. The maximum Gasteiger partial charge on any atom is 0.416 e. The molecule has 0 spiro atoms. The zero-order chi connectivity index (χ0) is 26.7. The lowest BCUT2D eigenvalue weighted by Gasteiger charge is -2.33. The van der Waals surface area contributed by atoms with Crippen LogP contribution in [0.15, 0.2) is 66.7 Å². The summed E-state index contributed by atoms with van der Waals surface area (Å²) in [5.41, 5.74) is -0.992. The van der Waals surface area contributed by atoms with E-state index in [-0.39, 0.29) is 0 Å². The Balaban J connectivity index is 2.34. The van der Waals surface area contributed by atoms with Crippen LogP contribution >= 0.6 is 0 Å². The van der Waals surface area contributed by atoms with Gasteiger partial charge in [-0.1, -0.05) is 69.2 Å². The Kier molecular flexibility index (Phi) is 7.86. The molecule has 3 rings (SSSR count). The van der Waals surface area contributed by atoms with Gasteiger partial charge >= 0.3 is 18.3 Å². The fourth-order valence-corrected chi connectivity index (χ4v) is 4.74. The second kappa shape index (κ2) is 10.4. The van der Waals surface area contributed by atoms with Gasteiger partial charge in [-0.3, -0.25) is 4.79 Å². The van der Waals surface area contributed by atoms with Crippen molar-refractivity contribution in [2.24, 2.45) is 0 Å². The molecular formula is C28H26F6O2. The van der Waals surface area contributed by atoms with Crippen molar-refractivity contribution in [3.8, 4) is 22.3 Å². The number of alkyl halides is 6. The predicted molar refractivity (Wildman–Crippen MR) is 126 cm³/mol. The molecular weight excluding hydrogens is 482 g/mol. The number of hydrogen-bond donors (Lipinski definition) is 1. The third-order valence-electron chi connectivity index (χ3n) is 6.37. The average Bonchev–Trinajstić information content (AvgIpc) is 2.82. The fourth-order valence-electron chi connectivity index (χ4n) is 4.74. The van der Waals surface area contributed by atoms with Gasteiger partial charge in [0, 0.05) is 0 Å². The maximum atomic E-state index is 13.2. The van der Waals surface area contributed by atoms with Crippen LogP contribution in [0.25, 0.3) is 22.3 Å². The predicted octanol–water partition coefficient (Wildman–Crippen LogP) is 8.98. The van der Waals surface area contributed by atoms with Crippen LogP contribution in [0.5, 0.6) is 0 Å². The van der Waals surface area contributed by atoms with Gasteiger partial charge in [-0.2, -0.15) is 26.3 Å². The highest BCUT2D eigenvalue weighted by molar-refractivity contribution is 5.92. The summed E-state index contributed by atoms with van der Waals surface area (Å²) >= 11 is 0. The van der Waals surface area contributed by atoms with E-state index in [0.717, 1.165) is 24.3 Å². The minimum Gasteiger partial charge on any atom is -0.481 e. The van der Waals surface area contributed by atoms with Gasteiger partial charge in [0.25, 0.3) is 0 Å². The Morgan fingerprint density at radius 1 is 0.694 bits per heavy atom. The van der Waals surface area contributed by atoms with Gasteiger partial charge in [0.2, 0.25) is 0 Å². The summed E-state index contributed by atoms with van der Waals surface area (Å²) in [6.45, 7) is 3.70. The molecule has 0 atom stereocenters. The van der Waals surface area contributed by atoms with E-state index in [1.807, 2.05) is 13.8 Å². The number of halogens is 6. The van der Waals surface area contributed by atoms with E-state index < -0.39 is 34.9 Å². The topological polar surface area (TPSA) is 37.3 Å². The summed E-state index contributed by atoms with van der Waals surface area (Å²) in [4.78, 5) is 12.7. The van der Waals surface area contributed by atoms with Gasteiger partial charge in [-0.15, -0.1) is 0 Å². The minimum atomic E-state index is -4.55. The molecule has 0 radical (unpaired) electrons. The standard InChI is InChI=1S/C28H26F6O2/c1-3-16-26(17-4-2,25(35)36)23-7-5-6-22(18-8-12-20(13-9-18)27(29,30)31)24(23)19-10-14-21(15-11-19)28(32,33)34/h5-15H,3-4,16-17H2,1-2H3,(H,35,36). The van der Waals surface area contributed by atoms with Crippen LogP contribution in [0.4, 0.5) is 26.3 Å². The normalized spacial score (nSPS) is 12.6. The Bertz CT molecular complexity index is 1190. The number of rotatable bonds is 8. The molecule has 0 heterocycles. The number of benzene rings is 3. The molecule has 0 unspecified atom stereocenters. The lowest BCUT2D eigenvalue weighted by Crippen LogP contribution is -2.36. The number of carbonyl (C=O) groups is 1. The molecule has 192 valence electrons. The Labute approximate surface area is 205 Å². The molecule has 0 bridgehead atoms. The first kappa shape index (κ1) is 27.3. The molecule has 0 aliphatic heterocycles. The molecule has 1 N–H and O–H groups in total. The molecule has 0 fully saturated rings. The van der Waals surface area contributed by atoms with Crippen molar-refractivity contribution in [2.45, 2.75) is 57.3 Å². The highest BCUT2D eigenvalue weighted by Crippen LogP contribution is 2.45. The van der Waals surface area contributed by atoms with Crippen LogP contribution in [0.1, 0.15) is 56.2 Å². The molecule has 3 aromatic rings. The molecule has 8 heteroatoms. The van der Waals surface area contributed by atoms with Gasteiger partial charge in [-0.05, 0) is 64.9 Å². The summed E-state index contributed by atoms with van der Waals surface area (Å²) < 4.78 is 79.0. The Morgan fingerprint density at radius 3 is 1.53 bits per heavy atom. The average molecular weight is 509 g/mol. The molecule has 0 aliphatic carbocycles. The molecule has 36 heavy (non-hydrogen) atoms. The van der Waals surface area contributed by atoms with E-state index in [2.05, 4.69) is 0 Å². The summed E-state index contributed by atoms with van der Waals surface area (Å²) in [5, 5.41) is 10.4. The Hall–Kier alpha value is -3.29. The second-order valence-electron chi connectivity index (χ2n) is 8.77. The van der Waals surface area contributed by atoms with E-state index in [4.69, 9.17) is 0 Å². The lowest BCUT2D eigenvalue weighted by molar-refractivity contribution is -0.144. The smallest absolute Gasteiger partial charge is 0.416 e. The van der Waals surface area contributed by atoms with E-state index in [1.165, 1.54) is 24.3 Å². The molecule has 0 amide bonds. The summed E-state index contributed by atoms with van der Waals surface area (Å²) in [5.74, 6) is -1.05. The Morgan fingerprint density at radius 2 is 1.14 bits per heavy atom. The van der Waals surface area contributed by atoms with Gasteiger partial charge in [0.05, 0.1) is 16.5 Å².